The number of hydrogen-bond donors (Lipinski definition) is 1. The van der Waals surface area contributed by atoms with Crippen LogP contribution in [-0.4, -0.2) is 35.7 Å². The number of carbonyl (C=O) groups is 2. The van der Waals surface area contributed by atoms with Gasteiger partial charge in [0, 0.05) is 5.57 Å². The maximum absolute atomic E-state index is 12.1. The van der Waals surface area contributed by atoms with Crippen LogP contribution in [-0.2, 0) is 19.1 Å². The molecule has 0 saturated heterocycles. The minimum absolute atomic E-state index is 0.166. The first-order chi connectivity index (χ1) is 8.29. The molecule has 0 aromatic heterocycles. The van der Waals surface area contributed by atoms with E-state index in [2.05, 4.69) is 0 Å². The second kappa shape index (κ2) is 5.10. The number of ether oxygens (including phenoxy) is 2. The van der Waals surface area contributed by atoms with Crippen LogP contribution in [0.25, 0.3) is 0 Å². The van der Waals surface area contributed by atoms with Crippen molar-refractivity contribution < 1.29 is 24.2 Å². The van der Waals surface area contributed by atoms with E-state index >= 15 is 0 Å². The predicted octanol–water partition coefficient (Wildman–Crippen LogP) is 1.20. The molecule has 1 N–H and O–H groups in total. The minimum atomic E-state index is -1.57. The fourth-order valence-electron chi connectivity index (χ4n) is 1.91. The van der Waals surface area contributed by atoms with Gasteiger partial charge in [0.05, 0.1) is 13.0 Å². The van der Waals surface area contributed by atoms with Gasteiger partial charge < -0.3 is 14.6 Å². The molecular weight excluding hydrogens is 236 g/mol. The van der Waals surface area contributed by atoms with Crippen LogP contribution in [0.4, 0.5) is 0 Å². The minimum Gasteiger partial charge on any atom is -0.498 e. The number of aliphatic hydroxyl groups excluding tert-OH is 1. The highest BCUT2D eigenvalue weighted by Gasteiger charge is 2.54. The Morgan fingerprint density at radius 2 is 2.11 bits per heavy atom. The highest BCUT2D eigenvalue weighted by molar-refractivity contribution is 6.06. The van der Waals surface area contributed by atoms with Crippen molar-refractivity contribution in [1.82, 2.24) is 0 Å². The third-order valence-electron chi connectivity index (χ3n) is 3.48. The summed E-state index contributed by atoms with van der Waals surface area (Å²) in [6.07, 6.45) is -0.633. The van der Waals surface area contributed by atoms with Gasteiger partial charge in [0.1, 0.15) is 5.76 Å². The zero-order valence-corrected chi connectivity index (χ0v) is 11.4. The Bertz CT molecular complexity index is 398. The summed E-state index contributed by atoms with van der Waals surface area (Å²) >= 11 is 0. The van der Waals surface area contributed by atoms with Gasteiger partial charge in [0.2, 0.25) is 11.4 Å². The summed E-state index contributed by atoms with van der Waals surface area (Å²) in [7, 11) is 1.37. The fraction of sp³-hybridized carbons (Fsp3) is 0.692. The van der Waals surface area contributed by atoms with Gasteiger partial charge in [-0.2, -0.15) is 0 Å². The average Bonchev–Trinajstić information content (AvgIpc) is 2.50. The highest BCUT2D eigenvalue weighted by Crippen LogP contribution is 2.35. The van der Waals surface area contributed by atoms with Crippen LogP contribution in [0.15, 0.2) is 11.3 Å². The van der Waals surface area contributed by atoms with Crippen molar-refractivity contribution >= 4 is 11.8 Å². The van der Waals surface area contributed by atoms with E-state index in [1.165, 1.54) is 14.0 Å². The Kier molecular flexibility index (Phi) is 4.16. The Hall–Kier alpha value is -1.36. The summed E-state index contributed by atoms with van der Waals surface area (Å²) in [6, 6.07) is 0. The Morgan fingerprint density at radius 1 is 1.56 bits per heavy atom. The molecule has 0 heterocycles. The molecule has 0 aromatic carbocycles. The molecular formula is C13H20O5. The molecule has 3 atom stereocenters. The monoisotopic (exact) mass is 256 g/mol. The van der Waals surface area contributed by atoms with Crippen molar-refractivity contribution in [3.63, 3.8) is 0 Å². The van der Waals surface area contributed by atoms with Crippen molar-refractivity contribution in [3.05, 3.63) is 11.3 Å². The normalized spacial score (nSPS) is 29.4. The molecule has 0 spiro atoms. The van der Waals surface area contributed by atoms with Crippen LogP contribution in [0.2, 0.25) is 0 Å². The van der Waals surface area contributed by atoms with Gasteiger partial charge >= 0.3 is 5.97 Å². The van der Waals surface area contributed by atoms with E-state index < -0.39 is 23.5 Å². The lowest BCUT2D eigenvalue weighted by Gasteiger charge is -2.28. The van der Waals surface area contributed by atoms with Crippen molar-refractivity contribution in [3.8, 4) is 0 Å². The van der Waals surface area contributed by atoms with Gasteiger partial charge in [-0.05, 0) is 20.3 Å². The topological polar surface area (TPSA) is 72.8 Å². The van der Waals surface area contributed by atoms with Gasteiger partial charge in [-0.25, -0.2) is 0 Å². The van der Waals surface area contributed by atoms with Crippen LogP contribution in [0, 0.1) is 5.92 Å². The molecule has 0 amide bonds. The fourth-order valence-corrected chi connectivity index (χ4v) is 1.91. The Labute approximate surface area is 107 Å². The summed E-state index contributed by atoms with van der Waals surface area (Å²) in [6.45, 7) is 6.53. The third-order valence-corrected chi connectivity index (χ3v) is 3.48. The number of carbonyl (C=O) groups excluding carboxylic acids is 2. The Morgan fingerprint density at radius 3 is 2.50 bits per heavy atom. The largest absolute Gasteiger partial charge is 0.498 e. The maximum atomic E-state index is 12.1. The van der Waals surface area contributed by atoms with Crippen molar-refractivity contribution in [2.45, 2.75) is 45.8 Å². The number of ketones is 1. The standard InChI is InChI=1S/C13H20O5/c1-6-7(2)12(16)18-13(4)10(14)8(3)9(17-5)11(13)15/h7,11,15H,6H2,1-5H3/t7-,11-,13+/m0/s1. The summed E-state index contributed by atoms with van der Waals surface area (Å²) in [5, 5.41) is 10.1. The van der Waals surface area contributed by atoms with E-state index in [1.54, 1.807) is 13.8 Å². The lowest BCUT2D eigenvalue weighted by molar-refractivity contribution is -0.176. The average molecular weight is 256 g/mol. The van der Waals surface area contributed by atoms with Crippen molar-refractivity contribution in [2.24, 2.45) is 5.92 Å². The number of Topliss-reactive ketones (excluding diaryl/α,β-unsaturated/α-hetero) is 1. The number of hydrogen-bond acceptors (Lipinski definition) is 5. The zero-order valence-electron chi connectivity index (χ0n) is 11.4. The molecule has 1 aliphatic rings. The molecule has 0 saturated carbocycles. The summed E-state index contributed by atoms with van der Waals surface area (Å²) in [4.78, 5) is 23.9. The first-order valence-electron chi connectivity index (χ1n) is 6.00. The third kappa shape index (κ3) is 2.14. The molecule has 0 radical (unpaired) electrons. The molecule has 0 unspecified atom stereocenters. The highest BCUT2D eigenvalue weighted by atomic mass is 16.6. The lowest BCUT2D eigenvalue weighted by Crippen LogP contribution is -2.48. The summed E-state index contributed by atoms with van der Waals surface area (Å²) < 4.78 is 10.2. The lowest BCUT2D eigenvalue weighted by atomic mass is 9.97. The van der Waals surface area contributed by atoms with Gasteiger partial charge in [-0.1, -0.05) is 13.8 Å². The van der Waals surface area contributed by atoms with Crippen molar-refractivity contribution in [2.75, 3.05) is 7.11 Å². The molecule has 1 aliphatic carbocycles. The summed E-state index contributed by atoms with van der Waals surface area (Å²) in [5.41, 5.74) is -1.28. The van der Waals surface area contributed by atoms with Gasteiger partial charge in [0.15, 0.2) is 6.10 Å². The Balaban J connectivity index is 2.96. The second-order valence-electron chi connectivity index (χ2n) is 4.76. The first kappa shape index (κ1) is 14.7. The van der Waals surface area contributed by atoms with Crippen LogP contribution in [0.5, 0.6) is 0 Å². The second-order valence-corrected chi connectivity index (χ2v) is 4.76. The van der Waals surface area contributed by atoms with E-state index in [1.807, 2.05) is 6.92 Å². The number of methoxy groups -OCH3 is 1. The van der Waals surface area contributed by atoms with E-state index in [4.69, 9.17) is 9.47 Å². The molecule has 0 bridgehead atoms. The van der Waals surface area contributed by atoms with E-state index in [0.29, 0.717) is 12.0 Å². The SMILES string of the molecule is CC[C@H](C)C(=O)O[C@]1(C)C(=O)C(C)=C(OC)[C@@H]1O. The van der Waals surface area contributed by atoms with Gasteiger partial charge in [0.25, 0.3) is 0 Å². The molecule has 102 valence electrons. The predicted molar refractivity (Wildman–Crippen MR) is 64.7 cm³/mol. The van der Waals surface area contributed by atoms with Crippen LogP contribution in [0.1, 0.15) is 34.1 Å². The number of rotatable bonds is 4. The number of aliphatic hydroxyl groups is 1. The maximum Gasteiger partial charge on any atom is 0.309 e. The van der Waals surface area contributed by atoms with Crippen LogP contribution < -0.4 is 0 Å². The van der Waals surface area contributed by atoms with Gasteiger partial charge in [-0.15, -0.1) is 0 Å². The first-order valence-corrected chi connectivity index (χ1v) is 6.00. The molecule has 18 heavy (non-hydrogen) atoms. The van der Waals surface area contributed by atoms with Crippen LogP contribution in [0.3, 0.4) is 0 Å². The van der Waals surface area contributed by atoms with E-state index in [0.717, 1.165) is 0 Å². The quantitative estimate of drug-likeness (QED) is 0.765. The molecule has 0 fully saturated rings. The van der Waals surface area contributed by atoms with Gasteiger partial charge in [-0.3, -0.25) is 9.59 Å². The molecule has 5 heteroatoms. The summed E-state index contributed by atoms with van der Waals surface area (Å²) in [5.74, 6) is -1.05. The molecule has 5 nitrogen and oxygen atoms in total. The molecule has 0 aliphatic heterocycles. The molecule has 0 aromatic rings. The zero-order chi connectivity index (χ0) is 14.1. The smallest absolute Gasteiger partial charge is 0.309 e. The van der Waals surface area contributed by atoms with E-state index in [9.17, 15) is 14.7 Å². The van der Waals surface area contributed by atoms with E-state index in [-0.39, 0.29) is 11.7 Å². The number of esters is 1. The van der Waals surface area contributed by atoms with Crippen LogP contribution >= 0.6 is 0 Å². The van der Waals surface area contributed by atoms with Crippen molar-refractivity contribution in [1.29, 1.82) is 0 Å². The molecule has 1 rings (SSSR count).